The van der Waals surface area contributed by atoms with Crippen molar-refractivity contribution < 1.29 is 9.53 Å². The van der Waals surface area contributed by atoms with Crippen LogP contribution in [0.2, 0.25) is 0 Å². The molecule has 1 amide bonds. The molecule has 0 unspecified atom stereocenters. The number of morpholine rings is 1. The number of nitrogens with two attached hydrogens (primary N) is 1. The maximum absolute atomic E-state index is 11.9. The third-order valence-electron chi connectivity index (χ3n) is 3.61. The van der Waals surface area contributed by atoms with E-state index in [1.807, 2.05) is 18.2 Å². The number of nitrogen functional groups attached to an aromatic ring is 1. The zero-order valence-electron chi connectivity index (χ0n) is 12.8. The van der Waals surface area contributed by atoms with E-state index in [0.717, 1.165) is 26.1 Å². The molecule has 0 spiro atoms. The second kappa shape index (κ2) is 7.43. The normalized spacial score (nSPS) is 23.0. The molecule has 0 aromatic heterocycles. The summed E-state index contributed by atoms with van der Waals surface area (Å²) in [6.07, 6.45) is 1.89. The first-order valence-corrected chi connectivity index (χ1v) is 7.56. The Morgan fingerprint density at radius 2 is 2.00 bits per heavy atom. The number of amides is 1. The Hall–Kier alpha value is -1.59. The predicted molar refractivity (Wildman–Crippen MR) is 85.2 cm³/mol. The van der Waals surface area contributed by atoms with Crippen molar-refractivity contribution in [2.45, 2.75) is 38.9 Å². The van der Waals surface area contributed by atoms with Gasteiger partial charge >= 0.3 is 0 Å². The van der Waals surface area contributed by atoms with Gasteiger partial charge in [-0.15, -0.1) is 0 Å². The Morgan fingerprint density at radius 1 is 1.33 bits per heavy atom. The average Bonchev–Trinajstić information content (AvgIpc) is 2.40. The number of anilines is 2. The molecule has 2 rings (SSSR count). The van der Waals surface area contributed by atoms with Gasteiger partial charge in [-0.2, -0.15) is 0 Å². The minimum Gasteiger partial charge on any atom is -0.397 e. The van der Waals surface area contributed by atoms with E-state index in [2.05, 4.69) is 24.1 Å². The lowest BCUT2D eigenvalue weighted by Crippen LogP contribution is -2.45. The van der Waals surface area contributed by atoms with Gasteiger partial charge in [-0.05, 0) is 38.9 Å². The van der Waals surface area contributed by atoms with Crippen LogP contribution in [0, 0.1) is 0 Å². The average molecular weight is 291 g/mol. The van der Waals surface area contributed by atoms with E-state index < -0.39 is 0 Å². The van der Waals surface area contributed by atoms with Gasteiger partial charge in [0.15, 0.2) is 0 Å². The lowest BCUT2D eigenvalue weighted by Gasteiger charge is -2.35. The third kappa shape index (κ3) is 5.02. The SMILES string of the molecule is C[C@@H]1CN(CCCC(=O)Nc2ccccc2N)C[C@H](C)O1. The molecular weight excluding hydrogens is 266 g/mol. The van der Waals surface area contributed by atoms with Crippen LogP contribution in [0.4, 0.5) is 11.4 Å². The summed E-state index contributed by atoms with van der Waals surface area (Å²) in [5.74, 6) is 0.0160. The largest absolute Gasteiger partial charge is 0.397 e. The highest BCUT2D eigenvalue weighted by atomic mass is 16.5. The molecule has 5 nitrogen and oxygen atoms in total. The number of nitrogens with one attached hydrogen (secondary N) is 1. The first-order chi connectivity index (χ1) is 10.0. The molecule has 5 heteroatoms. The molecule has 1 aromatic carbocycles. The quantitative estimate of drug-likeness (QED) is 0.815. The number of hydrogen-bond donors (Lipinski definition) is 2. The smallest absolute Gasteiger partial charge is 0.224 e. The van der Waals surface area contributed by atoms with Gasteiger partial charge in [-0.3, -0.25) is 9.69 Å². The van der Waals surface area contributed by atoms with Crippen LogP contribution in [0.3, 0.4) is 0 Å². The summed E-state index contributed by atoms with van der Waals surface area (Å²) >= 11 is 0. The molecule has 0 aliphatic carbocycles. The van der Waals surface area contributed by atoms with Crippen molar-refractivity contribution in [2.24, 2.45) is 0 Å². The van der Waals surface area contributed by atoms with Gasteiger partial charge in [-0.1, -0.05) is 12.1 Å². The van der Waals surface area contributed by atoms with Gasteiger partial charge in [0.25, 0.3) is 0 Å². The number of carbonyl (C=O) groups excluding carboxylic acids is 1. The molecule has 3 N–H and O–H groups in total. The maximum Gasteiger partial charge on any atom is 0.224 e. The number of carbonyl (C=O) groups is 1. The Balaban J connectivity index is 1.71. The van der Waals surface area contributed by atoms with Crippen LogP contribution in [-0.2, 0) is 9.53 Å². The Morgan fingerprint density at radius 3 is 2.67 bits per heavy atom. The number of benzene rings is 1. The van der Waals surface area contributed by atoms with E-state index >= 15 is 0 Å². The van der Waals surface area contributed by atoms with Gasteiger partial charge in [0.2, 0.25) is 5.91 Å². The Bertz CT molecular complexity index is 468. The van der Waals surface area contributed by atoms with Gasteiger partial charge in [0, 0.05) is 19.5 Å². The lowest BCUT2D eigenvalue weighted by atomic mass is 10.2. The van der Waals surface area contributed by atoms with Crippen molar-refractivity contribution in [1.82, 2.24) is 4.90 Å². The van der Waals surface area contributed by atoms with Gasteiger partial charge in [0.1, 0.15) is 0 Å². The van der Waals surface area contributed by atoms with E-state index in [1.165, 1.54) is 0 Å². The van der Waals surface area contributed by atoms with E-state index in [1.54, 1.807) is 6.07 Å². The molecule has 1 saturated heterocycles. The molecule has 1 aliphatic heterocycles. The molecular formula is C16H25N3O2. The molecule has 116 valence electrons. The van der Waals surface area contributed by atoms with Crippen LogP contribution in [0.1, 0.15) is 26.7 Å². The van der Waals surface area contributed by atoms with Crippen molar-refractivity contribution in [3.63, 3.8) is 0 Å². The van der Waals surface area contributed by atoms with Crippen molar-refractivity contribution in [1.29, 1.82) is 0 Å². The minimum atomic E-state index is 0.0160. The summed E-state index contributed by atoms with van der Waals surface area (Å²) < 4.78 is 5.70. The summed E-state index contributed by atoms with van der Waals surface area (Å²) in [6.45, 7) is 6.99. The number of hydrogen-bond acceptors (Lipinski definition) is 4. The topological polar surface area (TPSA) is 67.6 Å². The van der Waals surface area contributed by atoms with Crippen LogP contribution in [-0.4, -0.2) is 42.6 Å². The van der Waals surface area contributed by atoms with E-state index in [0.29, 0.717) is 17.8 Å². The van der Waals surface area contributed by atoms with E-state index in [4.69, 9.17) is 10.5 Å². The van der Waals surface area contributed by atoms with Gasteiger partial charge < -0.3 is 15.8 Å². The summed E-state index contributed by atoms with van der Waals surface area (Å²) in [4.78, 5) is 14.3. The van der Waals surface area contributed by atoms with Crippen molar-refractivity contribution in [3.8, 4) is 0 Å². The Labute approximate surface area is 126 Å². The van der Waals surface area contributed by atoms with Crippen molar-refractivity contribution >= 4 is 17.3 Å². The fraction of sp³-hybridized carbons (Fsp3) is 0.562. The fourth-order valence-electron chi connectivity index (χ4n) is 2.75. The van der Waals surface area contributed by atoms with Crippen LogP contribution in [0.5, 0.6) is 0 Å². The molecule has 1 heterocycles. The lowest BCUT2D eigenvalue weighted by molar-refractivity contribution is -0.116. The minimum absolute atomic E-state index is 0.0160. The molecule has 1 aliphatic rings. The molecule has 1 fully saturated rings. The van der Waals surface area contributed by atoms with Crippen LogP contribution in [0.25, 0.3) is 0 Å². The zero-order chi connectivity index (χ0) is 15.2. The number of ether oxygens (including phenoxy) is 1. The van der Waals surface area contributed by atoms with Crippen LogP contribution in [0.15, 0.2) is 24.3 Å². The Kier molecular flexibility index (Phi) is 5.59. The highest BCUT2D eigenvalue weighted by Crippen LogP contribution is 2.17. The summed E-state index contributed by atoms with van der Waals surface area (Å²) in [6, 6.07) is 7.32. The van der Waals surface area contributed by atoms with Gasteiger partial charge in [0.05, 0.1) is 23.6 Å². The van der Waals surface area contributed by atoms with Crippen molar-refractivity contribution in [3.05, 3.63) is 24.3 Å². The second-order valence-electron chi connectivity index (χ2n) is 5.76. The predicted octanol–water partition coefficient (Wildman–Crippen LogP) is 2.10. The maximum atomic E-state index is 11.9. The molecule has 1 aromatic rings. The fourth-order valence-corrected chi connectivity index (χ4v) is 2.75. The first-order valence-electron chi connectivity index (χ1n) is 7.56. The standard InChI is InChI=1S/C16H25N3O2/c1-12-10-19(11-13(2)21-12)9-5-8-16(20)18-15-7-4-3-6-14(15)17/h3-4,6-7,12-13H,5,8-11,17H2,1-2H3,(H,18,20)/t12-,13+. The zero-order valence-corrected chi connectivity index (χ0v) is 12.8. The number of nitrogens with zero attached hydrogens (tertiary/aromatic N) is 1. The third-order valence-corrected chi connectivity index (χ3v) is 3.61. The number of para-hydroxylation sites is 2. The van der Waals surface area contributed by atoms with Crippen LogP contribution >= 0.6 is 0 Å². The first kappa shape index (κ1) is 15.8. The summed E-state index contributed by atoms with van der Waals surface area (Å²) in [7, 11) is 0. The second-order valence-corrected chi connectivity index (χ2v) is 5.76. The number of rotatable bonds is 5. The molecule has 0 bridgehead atoms. The van der Waals surface area contributed by atoms with Crippen molar-refractivity contribution in [2.75, 3.05) is 30.7 Å². The molecule has 21 heavy (non-hydrogen) atoms. The highest BCUT2D eigenvalue weighted by Gasteiger charge is 2.21. The molecule has 0 radical (unpaired) electrons. The van der Waals surface area contributed by atoms with Gasteiger partial charge in [-0.25, -0.2) is 0 Å². The highest BCUT2D eigenvalue weighted by molar-refractivity contribution is 5.93. The summed E-state index contributed by atoms with van der Waals surface area (Å²) in [5.41, 5.74) is 7.10. The molecule has 0 saturated carbocycles. The molecule has 2 atom stereocenters. The summed E-state index contributed by atoms with van der Waals surface area (Å²) in [5, 5.41) is 2.86. The monoisotopic (exact) mass is 291 g/mol. The van der Waals surface area contributed by atoms with E-state index in [9.17, 15) is 4.79 Å². The van der Waals surface area contributed by atoms with Crippen LogP contribution < -0.4 is 11.1 Å². The van der Waals surface area contributed by atoms with E-state index in [-0.39, 0.29) is 18.1 Å².